The van der Waals surface area contributed by atoms with Crippen molar-refractivity contribution in [1.29, 1.82) is 0 Å². The molecule has 5 rings (SSSR count). The van der Waals surface area contributed by atoms with E-state index in [4.69, 9.17) is 5.73 Å². The van der Waals surface area contributed by atoms with Gasteiger partial charge in [0.25, 0.3) is 0 Å². The average Bonchev–Trinajstić information content (AvgIpc) is 3.09. The van der Waals surface area contributed by atoms with Gasteiger partial charge in [0.1, 0.15) is 15.6 Å². The fraction of sp³-hybridized carbons (Fsp3) is 0.333. The van der Waals surface area contributed by atoms with E-state index in [0.29, 0.717) is 25.1 Å². The Morgan fingerprint density at radius 1 is 1.24 bits per heavy atom. The van der Waals surface area contributed by atoms with Crippen LogP contribution in [0.3, 0.4) is 0 Å². The fourth-order valence-corrected chi connectivity index (χ4v) is 6.81. The summed E-state index contributed by atoms with van der Waals surface area (Å²) in [5.74, 6) is -0.341. The van der Waals surface area contributed by atoms with Gasteiger partial charge in [0.2, 0.25) is 6.41 Å². The fourth-order valence-electron chi connectivity index (χ4n) is 4.20. The third-order valence-corrected chi connectivity index (χ3v) is 8.77. The summed E-state index contributed by atoms with van der Waals surface area (Å²) in [6, 6.07) is 7.85. The summed E-state index contributed by atoms with van der Waals surface area (Å²) in [6.45, 7) is 5.28. The van der Waals surface area contributed by atoms with Crippen LogP contribution in [0.25, 0.3) is 10.2 Å². The monoisotopic (exact) mass is 500 g/mol. The zero-order valence-electron chi connectivity index (χ0n) is 18.9. The number of ketones is 1. The van der Waals surface area contributed by atoms with Gasteiger partial charge in [-0.15, -0.1) is 11.8 Å². The molecule has 3 amide bonds. The second kappa shape index (κ2) is 9.71. The van der Waals surface area contributed by atoms with Crippen molar-refractivity contribution in [2.45, 2.75) is 42.8 Å². The van der Waals surface area contributed by atoms with Gasteiger partial charge < -0.3 is 10.6 Å². The number of nitrogens with zero attached hydrogens (tertiary/aromatic N) is 2. The first kappa shape index (κ1) is 24.2. The van der Waals surface area contributed by atoms with Crippen LogP contribution in [-0.4, -0.2) is 45.9 Å². The van der Waals surface area contributed by atoms with E-state index >= 15 is 0 Å². The number of nitrogens with one attached hydrogen (secondary N) is 1. The van der Waals surface area contributed by atoms with Crippen molar-refractivity contribution >= 4 is 56.5 Å². The summed E-state index contributed by atoms with van der Waals surface area (Å²) < 4.78 is 13.1. The number of hydrogen-bond acceptors (Lipinski definition) is 6. The standard InChI is InChI=1S/C14H14FNO2S.C10H11N3OS/c15-10-1-2-13-11(7-10)12(18)8-14(19-13)3-5-16(9-17)6-4-14;1-5-3-4-7-6(2)8(13-10(11)14)15-9(7)12-5/h1-2,7,9H,3-6,8H2;3-4H,1-2H3,(H3,11,13,14). The quantitative estimate of drug-likeness (QED) is 0.487. The Labute approximate surface area is 204 Å². The molecule has 0 atom stereocenters. The smallest absolute Gasteiger partial charge is 0.317 e. The lowest BCUT2D eigenvalue weighted by Gasteiger charge is -2.42. The Bertz CT molecular complexity index is 1270. The number of primary amides is 1. The number of urea groups is 1. The number of thiophene rings is 1. The third-order valence-electron chi connectivity index (χ3n) is 6.09. The molecule has 0 radical (unpaired) electrons. The van der Waals surface area contributed by atoms with Gasteiger partial charge >= 0.3 is 6.03 Å². The predicted octanol–water partition coefficient (Wildman–Crippen LogP) is 4.90. The molecule has 3 N–H and O–H groups in total. The van der Waals surface area contributed by atoms with Gasteiger partial charge in [-0.2, -0.15) is 0 Å². The second-order valence-electron chi connectivity index (χ2n) is 8.52. The number of anilines is 1. The Morgan fingerprint density at radius 3 is 2.65 bits per heavy atom. The number of piperidine rings is 1. The number of carbonyl (C=O) groups excluding carboxylic acids is 3. The van der Waals surface area contributed by atoms with Gasteiger partial charge in [-0.05, 0) is 62.6 Å². The third kappa shape index (κ3) is 5.07. The maximum Gasteiger partial charge on any atom is 0.317 e. The van der Waals surface area contributed by atoms with Crippen LogP contribution in [-0.2, 0) is 4.79 Å². The van der Waals surface area contributed by atoms with Gasteiger partial charge in [-0.3, -0.25) is 14.9 Å². The van der Waals surface area contributed by atoms with Crippen molar-refractivity contribution in [3.8, 4) is 0 Å². The molecule has 2 aliphatic rings. The molecule has 7 nitrogen and oxygen atoms in total. The van der Waals surface area contributed by atoms with E-state index in [1.807, 2.05) is 26.0 Å². The van der Waals surface area contributed by atoms with Crippen molar-refractivity contribution in [3.05, 3.63) is 53.0 Å². The van der Waals surface area contributed by atoms with Gasteiger partial charge in [-0.25, -0.2) is 14.2 Å². The SMILES string of the molecule is Cc1ccc2c(C)c(NC(N)=O)sc2n1.O=CN1CCC2(CC1)CC(=O)c1cc(F)ccc1S2. The average molecular weight is 501 g/mol. The Balaban J connectivity index is 0.000000166. The molecule has 10 heteroatoms. The van der Waals surface area contributed by atoms with E-state index in [1.54, 1.807) is 22.7 Å². The van der Waals surface area contributed by atoms with Crippen molar-refractivity contribution in [2.24, 2.45) is 5.73 Å². The molecule has 4 heterocycles. The number of benzene rings is 1. The number of likely N-dealkylation sites (tertiary alicyclic amines) is 1. The van der Waals surface area contributed by atoms with E-state index in [2.05, 4.69) is 10.3 Å². The number of halogens is 1. The van der Waals surface area contributed by atoms with Crippen LogP contribution in [0, 0.1) is 19.7 Å². The van der Waals surface area contributed by atoms with Crippen LogP contribution >= 0.6 is 23.1 Å². The van der Waals surface area contributed by atoms with E-state index in [0.717, 1.165) is 50.6 Å². The number of fused-ring (bicyclic) bond motifs is 2. The van der Waals surface area contributed by atoms with Crippen molar-refractivity contribution < 1.29 is 18.8 Å². The lowest BCUT2D eigenvalue weighted by atomic mass is 9.88. The summed E-state index contributed by atoms with van der Waals surface area (Å²) >= 11 is 3.12. The number of amides is 3. The molecule has 2 aliphatic heterocycles. The van der Waals surface area contributed by atoms with Crippen molar-refractivity contribution in [1.82, 2.24) is 9.88 Å². The second-order valence-corrected chi connectivity index (χ2v) is 11.0. The number of pyridine rings is 1. The van der Waals surface area contributed by atoms with E-state index in [9.17, 15) is 18.8 Å². The van der Waals surface area contributed by atoms with Crippen LogP contribution in [0.1, 0.15) is 40.9 Å². The number of carbonyl (C=O) groups is 3. The predicted molar refractivity (Wildman–Crippen MR) is 133 cm³/mol. The molecule has 0 bridgehead atoms. The molecular weight excluding hydrogens is 475 g/mol. The molecule has 3 aromatic rings. The molecule has 1 saturated heterocycles. The summed E-state index contributed by atoms with van der Waals surface area (Å²) in [5.41, 5.74) is 7.57. The number of hydrogen-bond donors (Lipinski definition) is 2. The van der Waals surface area contributed by atoms with Crippen LogP contribution in [0.15, 0.2) is 35.2 Å². The first-order valence-corrected chi connectivity index (χ1v) is 12.5. The van der Waals surface area contributed by atoms with Gasteiger partial charge in [0.15, 0.2) is 5.78 Å². The lowest BCUT2D eigenvalue weighted by molar-refractivity contribution is -0.119. The van der Waals surface area contributed by atoms with E-state index in [1.165, 1.54) is 23.5 Å². The highest BCUT2D eigenvalue weighted by Crippen LogP contribution is 2.48. The molecule has 2 aromatic heterocycles. The maximum atomic E-state index is 13.2. The zero-order valence-corrected chi connectivity index (χ0v) is 20.5. The first-order chi connectivity index (χ1) is 16.2. The highest BCUT2D eigenvalue weighted by Gasteiger charge is 2.41. The minimum atomic E-state index is -0.540. The van der Waals surface area contributed by atoms with E-state index < -0.39 is 6.03 Å². The first-order valence-electron chi connectivity index (χ1n) is 10.8. The number of Topliss-reactive ketones (excluding diaryl/α,β-unsaturated/α-hetero) is 1. The number of aromatic nitrogens is 1. The molecule has 0 aliphatic carbocycles. The van der Waals surface area contributed by atoms with Crippen LogP contribution in [0.5, 0.6) is 0 Å². The topological polar surface area (TPSA) is 105 Å². The molecule has 1 aromatic carbocycles. The molecule has 0 saturated carbocycles. The van der Waals surface area contributed by atoms with Crippen LogP contribution < -0.4 is 11.1 Å². The number of thioether (sulfide) groups is 1. The minimum Gasteiger partial charge on any atom is -0.351 e. The summed E-state index contributed by atoms with van der Waals surface area (Å²) in [7, 11) is 0. The summed E-state index contributed by atoms with van der Waals surface area (Å²) in [6.07, 6.45) is 2.95. The Hall–Kier alpha value is -2.98. The molecule has 1 fully saturated rings. The zero-order chi connectivity index (χ0) is 24.5. The van der Waals surface area contributed by atoms with E-state index in [-0.39, 0.29) is 16.3 Å². The number of aryl methyl sites for hydroxylation is 2. The lowest BCUT2D eigenvalue weighted by Crippen LogP contribution is -2.44. The molecular formula is C24H25FN4O3S2. The Kier molecular flexibility index (Phi) is 6.90. The van der Waals surface area contributed by atoms with Gasteiger partial charge in [-0.1, -0.05) is 11.3 Å². The molecule has 34 heavy (non-hydrogen) atoms. The molecule has 178 valence electrons. The minimum absolute atomic E-state index is 0.0211. The highest BCUT2D eigenvalue weighted by atomic mass is 32.2. The van der Waals surface area contributed by atoms with Gasteiger partial charge in [0, 0.05) is 45.8 Å². The van der Waals surface area contributed by atoms with Crippen molar-refractivity contribution in [2.75, 3.05) is 18.4 Å². The maximum absolute atomic E-state index is 13.2. The Morgan fingerprint density at radius 2 is 1.97 bits per heavy atom. The van der Waals surface area contributed by atoms with Gasteiger partial charge in [0.05, 0.1) is 0 Å². The largest absolute Gasteiger partial charge is 0.351 e. The highest BCUT2D eigenvalue weighted by molar-refractivity contribution is 8.01. The summed E-state index contributed by atoms with van der Waals surface area (Å²) in [4.78, 5) is 41.6. The van der Waals surface area contributed by atoms with Crippen LogP contribution in [0.2, 0.25) is 0 Å². The summed E-state index contributed by atoms with van der Waals surface area (Å²) in [5, 5.41) is 4.44. The molecule has 0 unspecified atom stereocenters. The molecule has 1 spiro atoms. The van der Waals surface area contributed by atoms with Crippen molar-refractivity contribution in [3.63, 3.8) is 0 Å². The number of nitrogens with two attached hydrogens (primary N) is 1. The number of rotatable bonds is 2. The normalized spacial score (nSPS) is 16.6. The van der Waals surface area contributed by atoms with Crippen LogP contribution in [0.4, 0.5) is 14.2 Å².